The third-order valence-electron chi connectivity index (χ3n) is 5.30. The number of hydrogen-bond donors (Lipinski definition) is 0. The van der Waals surface area contributed by atoms with E-state index in [1.54, 1.807) is 0 Å². The number of benzene rings is 2. The number of nitrogens with zero attached hydrogens (tertiary/aromatic N) is 1. The molecule has 1 atom stereocenters. The van der Waals surface area contributed by atoms with Gasteiger partial charge < -0.3 is 4.90 Å². The van der Waals surface area contributed by atoms with Crippen LogP contribution in [0.5, 0.6) is 0 Å². The second kappa shape index (κ2) is 8.33. The number of rotatable bonds is 6. The molecule has 0 aromatic heterocycles. The van der Waals surface area contributed by atoms with Gasteiger partial charge in [-0.2, -0.15) is 0 Å². The molecular formula is C26H37N. The van der Waals surface area contributed by atoms with Gasteiger partial charge in [0.05, 0.1) is 0 Å². The fraction of sp³-hybridized carbons (Fsp3) is 0.462. The lowest BCUT2D eigenvalue weighted by Crippen LogP contribution is -2.30. The fourth-order valence-electron chi connectivity index (χ4n) is 3.46. The second-order valence-electron chi connectivity index (χ2n) is 9.55. The molecule has 0 bridgehead atoms. The highest BCUT2D eigenvalue weighted by Gasteiger charge is 2.21. The van der Waals surface area contributed by atoms with Crippen LogP contribution in [0.25, 0.3) is 0 Å². The largest absolute Gasteiger partial charge is 0.338 e. The highest BCUT2D eigenvalue weighted by molar-refractivity contribution is 5.65. The predicted octanol–water partition coefficient (Wildman–Crippen LogP) is 7.77. The van der Waals surface area contributed by atoms with Gasteiger partial charge in [-0.05, 0) is 59.1 Å². The Hall–Kier alpha value is -2.02. The first-order valence-electron chi connectivity index (χ1n) is 10.2. The highest BCUT2D eigenvalue weighted by atomic mass is 15.2. The molecule has 146 valence electrons. The van der Waals surface area contributed by atoms with Crippen LogP contribution in [0.4, 0.5) is 11.4 Å². The Morgan fingerprint density at radius 3 is 1.41 bits per heavy atom. The van der Waals surface area contributed by atoms with E-state index in [1.165, 1.54) is 22.5 Å². The maximum Gasteiger partial charge on any atom is 0.0413 e. The van der Waals surface area contributed by atoms with Gasteiger partial charge in [-0.1, -0.05) is 78.8 Å². The molecule has 1 nitrogen and oxygen atoms in total. The van der Waals surface area contributed by atoms with Crippen molar-refractivity contribution in [2.45, 2.75) is 78.2 Å². The van der Waals surface area contributed by atoms with Gasteiger partial charge in [0.2, 0.25) is 0 Å². The van der Waals surface area contributed by atoms with Crippen LogP contribution in [0.3, 0.4) is 0 Å². The van der Waals surface area contributed by atoms with Gasteiger partial charge in [-0.25, -0.2) is 0 Å². The summed E-state index contributed by atoms with van der Waals surface area (Å²) in [4.78, 5) is 2.47. The maximum absolute atomic E-state index is 3.98. The molecule has 0 saturated heterocycles. The van der Waals surface area contributed by atoms with Gasteiger partial charge >= 0.3 is 0 Å². The standard InChI is InChI=1S/C26H37N/c1-9-11-22(10-2)27(23-16-12-20(13-17-23)25(3,4)5)24-18-14-21(15-19-24)26(6,7)8/h9,12-19,22H,1,10-11H2,2-8H3. The van der Waals surface area contributed by atoms with Gasteiger partial charge in [0.25, 0.3) is 0 Å². The van der Waals surface area contributed by atoms with Gasteiger partial charge in [0, 0.05) is 17.4 Å². The lowest BCUT2D eigenvalue weighted by atomic mass is 9.86. The van der Waals surface area contributed by atoms with Crippen molar-refractivity contribution in [2.75, 3.05) is 4.90 Å². The molecule has 0 heterocycles. The summed E-state index contributed by atoms with van der Waals surface area (Å²) in [5.41, 5.74) is 5.57. The maximum atomic E-state index is 3.98. The zero-order valence-corrected chi connectivity index (χ0v) is 18.3. The molecule has 1 heteroatoms. The molecule has 27 heavy (non-hydrogen) atoms. The average Bonchev–Trinajstić information content (AvgIpc) is 2.60. The highest BCUT2D eigenvalue weighted by Crippen LogP contribution is 2.34. The summed E-state index contributed by atoms with van der Waals surface area (Å²) in [5, 5.41) is 0. The third kappa shape index (κ3) is 5.25. The van der Waals surface area contributed by atoms with E-state index in [4.69, 9.17) is 0 Å². The second-order valence-corrected chi connectivity index (χ2v) is 9.55. The van der Waals surface area contributed by atoms with Crippen molar-refractivity contribution in [2.24, 2.45) is 0 Å². The van der Waals surface area contributed by atoms with Crippen LogP contribution in [0.2, 0.25) is 0 Å². The minimum Gasteiger partial charge on any atom is -0.338 e. The van der Waals surface area contributed by atoms with Crippen molar-refractivity contribution in [3.63, 3.8) is 0 Å². The first-order chi connectivity index (χ1) is 12.6. The monoisotopic (exact) mass is 363 g/mol. The zero-order valence-electron chi connectivity index (χ0n) is 18.3. The van der Waals surface area contributed by atoms with Crippen LogP contribution in [0.15, 0.2) is 61.2 Å². The minimum atomic E-state index is 0.170. The predicted molar refractivity (Wildman–Crippen MR) is 121 cm³/mol. The molecule has 0 N–H and O–H groups in total. The van der Waals surface area contributed by atoms with E-state index in [1.807, 2.05) is 6.08 Å². The summed E-state index contributed by atoms with van der Waals surface area (Å²) in [7, 11) is 0. The summed E-state index contributed by atoms with van der Waals surface area (Å²) in [6.07, 6.45) is 4.08. The van der Waals surface area contributed by atoms with E-state index in [0.29, 0.717) is 6.04 Å². The Morgan fingerprint density at radius 2 is 1.15 bits per heavy atom. The van der Waals surface area contributed by atoms with Crippen molar-refractivity contribution in [3.05, 3.63) is 72.3 Å². The van der Waals surface area contributed by atoms with Crippen LogP contribution in [0, 0.1) is 0 Å². The number of anilines is 2. The Labute approximate surface area is 167 Å². The molecule has 1 unspecified atom stereocenters. The van der Waals surface area contributed by atoms with Crippen LogP contribution in [-0.4, -0.2) is 6.04 Å². The Bertz CT molecular complexity index is 666. The van der Waals surface area contributed by atoms with Crippen LogP contribution >= 0.6 is 0 Å². The summed E-state index contributed by atoms with van der Waals surface area (Å²) >= 11 is 0. The molecule has 2 aromatic carbocycles. The van der Waals surface area contributed by atoms with Crippen molar-refractivity contribution in [1.82, 2.24) is 0 Å². The van der Waals surface area contributed by atoms with Gasteiger partial charge in [-0.3, -0.25) is 0 Å². The zero-order chi connectivity index (χ0) is 20.2. The van der Waals surface area contributed by atoms with Crippen molar-refractivity contribution in [1.29, 1.82) is 0 Å². The number of hydrogen-bond acceptors (Lipinski definition) is 1. The third-order valence-corrected chi connectivity index (χ3v) is 5.30. The Balaban J connectivity index is 2.47. The van der Waals surface area contributed by atoms with E-state index in [-0.39, 0.29) is 10.8 Å². The molecule has 0 saturated carbocycles. The van der Waals surface area contributed by atoms with Crippen molar-refractivity contribution < 1.29 is 0 Å². The van der Waals surface area contributed by atoms with Crippen molar-refractivity contribution in [3.8, 4) is 0 Å². The van der Waals surface area contributed by atoms with Gasteiger partial charge in [0.15, 0.2) is 0 Å². The molecule has 0 aliphatic heterocycles. The van der Waals surface area contributed by atoms with Crippen LogP contribution in [0.1, 0.15) is 72.4 Å². The molecule has 0 radical (unpaired) electrons. The van der Waals surface area contributed by atoms with E-state index in [0.717, 1.165) is 12.8 Å². The van der Waals surface area contributed by atoms with E-state index < -0.39 is 0 Å². The Morgan fingerprint density at radius 1 is 0.778 bits per heavy atom. The molecule has 0 aliphatic rings. The average molecular weight is 364 g/mol. The SMILES string of the molecule is C=CCC(CC)N(c1ccc(C(C)(C)C)cc1)c1ccc(C(C)(C)C)cc1. The lowest BCUT2D eigenvalue weighted by molar-refractivity contribution is 0.589. The van der Waals surface area contributed by atoms with E-state index in [2.05, 4.69) is 108 Å². The fourth-order valence-corrected chi connectivity index (χ4v) is 3.46. The first-order valence-corrected chi connectivity index (χ1v) is 10.2. The minimum absolute atomic E-state index is 0.170. The van der Waals surface area contributed by atoms with Crippen LogP contribution in [-0.2, 0) is 10.8 Å². The molecule has 0 aliphatic carbocycles. The van der Waals surface area contributed by atoms with Gasteiger partial charge in [-0.15, -0.1) is 6.58 Å². The van der Waals surface area contributed by atoms with Crippen LogP contribution < -0.4 is 4.90 Å². The molecule has 0 spiro atoms. The lowest BCUT2D eigenvalue weighted by Gasteiger charge is -2.34. The smallest absolute Gasteiger partial charge is 0.0413 e. The molecule has 0 fully saturated rings. The van der Waals surface area contributed by atoms with E-state index >= 15 is 0 Å². The van der Waals surface area contributed by atoms with Gasteiger partial charge in [0.1, 0.15) is 0 Å². The summed E-state index contributed by atoms with van der Waals surface area (Å²) in [5.74, 6) is 0. The topological polar surface area (TPSA) is 3.24 Å². The Kier molecular flexibility index (Phi) is 6.57. The summed E-state index contributed by atoms with van der Waals surface area (Å²) in [6.45, 7) is 19.8. The normalized spacial score (nSPS) is 13.3. The quantitative estimate of drug-likeness (QED) is 0.474. The molecule has 2 rings (SSSR count). The molecular weight excluding hydrogens is 326 g/mol. The van der Waals surface area contributed by atoms with Crippen molar-refractivity contribution >= 4 is 11.4 Å². The summed E-state index contributed by atoms with van der Waals surface area (Å²) in [6, 6.07) is 18.6. The molecule has 2 aromatic rings. The first kappa shape index (κ1) is 21.3. The van der Waals surface area contributed by atoms with E-state index in [9.17, 15) is 0 Å². The molecule has 0 amide bonds. The summed E-state index contributed by atoms with van der Waals surface area (Å²) < 4.78 is 0.